The average Bonchev–Trinajstić information content (AvgIpc) is 3.39. The van der Waals surface area contributed by atoms with E-state index in [1.807, 2.05) is 24.3 Å². The van der Waals surface area contributed by atoms with E-state index in [2.05, 4.69) is 5.32 Å². The number of amides is 1. The minimum Gasteiger partial charge on any atom is -0.495 e. The van der Waals surface area contributed by atoms with Crippen LogP contribution in [-0.4, -0.2) is 58.6 Å². The van der Waals surface area contributed by atoms with Crippen LogP contribution >= 0.6 is 11.6 Å². The van der Waals surface area contributed by atoms with Crippen molar-refractivity contribution in [1.82, 2.24) is 9.62 Å². The molecule has 0 radical (unpaired) electrons. The first-order valence-electron chi connectivity index (χ1n) is 11.2. The van der Waals surface area contributed by atoms with E-state index in [9.17, 15) is 13.2 Å². The number of methoxy groups -OCH3 is 1. The molecule has 33 heavy (non-hydrogen) atoms. The molecular weight excluding hydrogens is 464 g/mol. The van der Waals surface area contributed by atoms with Crippen molar-refractivity contribution in [3.8, 4) is 5.75 Å². The molecule has 2 fully saturated rings. The lowest BCUT2D eigenvalue weighted by Gasteiger charge is -2.38. The molecule has 0 unspecified atom stereocenters. The van der Waals surface area contributed by atoms with Gasteiger partial charge in [-0.05, 0) is 61.6 Å². The van der Waals surface area contributed by atoms with Crippen molar-refractivity contribution in [1.29, 1.82) is 0 Å². The van der Waals surface area contributed by atoms with Crippen LogP contribution in [0.1, 0.15) is 41.6 Å². The second-order valence-electron chi connectivity index (χ2n) is 8.56. The summed E-state index contributed by atoms with van der Waals surface area (Å²) in [4.78, 5) is 13.1. The summed E-state index contributed by atoms with van der Waals surface area (Å²) in [5, 5.41) is 3.68. The number of carbonyl (C=O) groups is 1. The lowest BCUT2D eigenvalue weighted by Crippen LogP contribution is -2.44. The van der Waals surface area contributed by atoms with Crippen LogP contribution in [0.2, 0.25) is 5.02 Å². The fraction of sp³-hybridized carbons (Fsp3) is 0.458. The molecule has 0 aliphatic carbocycles. The summed E-state index contributed by atoms with van der Waals surface area (Å²) in [6.07, 6.45) is 3.17. The second kappa shape index (κ2) is 10.0. The van der Waals surface area contributed by atoms with E-state index >= 15 is 0 Å². The molecule has 0 bridgehead atoms. The van der Waals surface area contributed by atoms with Crippen molar-refractivity contribution < 1.29 is 22.7 Å². The highest BCUT2D eigenvalue weighted by Gasteiger charge is 2.35. The second-order valence-corrected chi connectivity index (χ2v) is 10.9. The molecular formula is C24H29ClN2O5S. The highest BCUT2D eigenvalue weighted by atomic mass is 35.5. The zero-order valence-corrected chi connectivity index (χ0v) is 20.3. The molecule has 2 heterocycles. The molecule has 2 saturated heterocycles. The van der Waals surface area contributed by atoms with E-state index in [1.54, 1.807) is 12.1 Å². The van der Waals surface area contributed by atoms with E-state index in [0.29, 0.717) is 37.9 Å². The standard InChI is InChI=1S/C24H29ClN2O5S/c1-31-21-8-7-18(15-22(21)33(29,30)27-11-2-3-12-27)23(28)26-17-24(9-13-32-14-10-24)19-5-4-6-20(25)16-19/h4-8,15-16H,2-3,9-14,17H2,1H3,(H,26,28). The van der Waals surface area contributed by atoms with Gasteiger partial charge in [-0.25, -0.2) is 8.42 Å². The molecule has 2 aliphatic heterocycles. The third-order valence-electron chi connectivity index (χ3n) is 6.58. The topological polar surface area (TPSA) is 84.9 Å². The van der Waals surface area contributed by atoms with Gasteiger partial charge in [0, 0.05) is 48.8 Å². The average molecular weight is 493 g/mol. The number of carbonyl (C=O) groups excluding carboxylic acids is 1. The first kappa shape index (κ1) is 24.0. The maximum Gasteiger partial charge on any atom is 0.251 e. The minimum atomic E-state index is -3.74. The van der Waals surface area contributed by atoms with Crippen molar-refractivity contribution in [2.75, 3.05) is 40.0 Å². The van der Waals surface area contributed by atoms with E-state index < -0.39 is 10.0 Å². The van der Waals surface area contributed by atoms with E-state index in [-0.39, 0.29) is 27.5 Å². The van der Waals surface area contributed by atoms with Gasteiger partial charge in [-0.3, -0.25) is 4.79 Å². The van der Waals surface area contributed by atoms with Gasteiger partial charge in [0.1, 0.15) is 10.6 Å². The largest absolute Gasteiger partial charge is 0.495 e. The predicted octanol–water partition coefficient (Wildman–Crippen LogP) is 3.61. The minimum absolute atomic E-state index is 0.0233. The summed E-state index contributed by atoms with van der Waals surface area (Å²) in [5.41, 5.74) is 1.04. The zero-order valence-electron chi connectivity index (χ0n) is 18.7. The molecule has 0 aromatic heterocycles. The van der Waals surface area contributed by atoms with E-state index in [1.165, 1.54) is 17.5 Å². The fourth-order valence-electron chi connectivity index (χ4n) is 4.59. The van der Waals surface area contributed by atoms with Crippen LogP contribution in [0, 0.1) is 0 Å². The predicted molar refractivity (Wildman–Crippen MR) is 127 cm³/mol. The number of nitrogens with one attached hydrogen (secondary N) is 1. The summed E-state index contributed by atoms with van der Waals surface area (Å²) in [6.45, 7) is 2.56. The molecule has 2 aromatic rings. The Bertz CT molecular complexity index is 1110. The Morgan fingerprint density at radius 1 is 1.15 bits per heavy atom. The summed E-state index contributed by atoms with van der Waals surface area (Å²) in [7, 11) is -2.31. The molecule has 4 rings (SSSR count). The van der Waals surface area contributed by atoms with Crippen molar-refractivity contribution in [2.45, 2.75) is 36.0 Å². The van der Waals surface area contributed by atoms with Gasteiger partial charge in [-0.15, -0.1) is 0 Å². The maximum atomic E-state index is 13.1. The van der Waals surface area contributed by atoms with Crippen LogP contribution in [0.15, 0.2) is 47.4 Å². The Labute approximate surface area is 200 Å². The number of rotatable bonds is 7. The number of hydrogen-bond acceptors (Lipinski definition) is 5. The van der Waals surface area contributed by atoms with E-state index in [0.717, 1.165) is 31.2 Å². The number of sulfonamides is 1. The van der Waals surface area contributed by atoms with Crippen LogP contribution in [0.3, 0.4) is 0 Å². The molecule has 2 aliphatic rings. The van der Waals surface area contributed by atoms with Crippen molar-refractivity contribution in [2.24, 2.45) is 0 Å². The Morgan fingerprint density at radius 3 is 2.55 bits per heavy atom. The zero-order chi connectivity index (χ0) is 23.5. The van der Waals surface area contributed by atoms with Gasteiger partial charge in [0.2, 0.25) is 10.0 Å². The number of ether oxygens (including phenoxy) is 2. The normalized spacial score (nSPS) is 18.7. The SMILES string of the molecule is COc1ccc(C(=O)NCC2(c3cccc(Cl)c3)CCOCC2)cc1S(=O)(=O)N1CCCC1. The van der Waals surface area contributed by atoms with Gasteiger partial charge in [-0.1, -0.05) is 23.7 Å². The van der Waals surface area contributed by atoms with Gasteiger partial charge in [0.25, 0.3) is 5.91 Å². The summed E-state index contributed by atoms with van der Waals surface area (Å²) >= 11 is 6.24. The number of hydrogen-bond donors (Lipinski definition) is 1. The first-order chi connectivity index (χ1) is 15.9. The van der Waals surface area contributed by atoms with Gasteiger partial charge in [0.05, 0.1) is 7.11 Å². The molecule has 1 amide bonds. The smallest absolute Gasteiger partial charge is 0.251 e. The third-order valence-corrected chi connectivity index (χ3v) is 8.74. The third kappa shape index (κ3) is 5.04. The van der Waals surface area contributed by atoms with Gasteiger partial charge in [-0.2, -0.15) is 4.31 Å². The van der Waals surface area contributed by atoms with Crippen molar-refractivity contribution in [3.63, 3.8) is 0 Å². The molecule has 9 heteroatoms. The number of benzene rings is 2. The van der Waals surface area contributed by atoms with Gasteiger partial charge in [0.15, 0.2) is 0 Å². The van der Waals surface area contributed by atoms with Crippen LogP contribution in [0.25, 0.3) is 0 Å². The van der Waals surface area contributed by atoms with E-state index in [4.69, 9.17) is 21.1 Å². The summed E-state index contributed by atoms with van der Waals surface area (Å²) < 4.78 is 38.6. The Morgan fingerprint density at radius 2 is 1.88 bits per heavy atom. The van der Waals surface area contributed by atoms with Crippen molar-refractivity contribution in [3.05, 3.63) is 58.6 Å². The first-order valence-corrected chi connectivity index (χ1v) is 13.0. The van der Waals surface area contributed by atoms with Crippen molar-refractivity contribution >= 4 is 27.5 Å². The molecule has 7 nitrogen and oxygen atoms in total. The summed E-state index contributed by atoms with van der Waals surface area (Å²) in [5.74, 6) is -0.0957. The monoisotopic (exact) mass is 492 g/mol. The maximum absolute atomic E-state index is 13.1. The molecule has 178 valence electrons. The number of halogens is 1. The Kier molecular flexibility index (Phi) is 7.28. The van der Waals surface area contributed by atoms with Gasteiger partial charge < -0.3 is 14.8 Å². The fourth-order valence-corrected chi connectivity index (χ4v) is 6.48. The number of nitrogens with zero attached hydrogens (tertiary/aromatic N) is 1. The van der Waals surface area contributed by atoms with Gasteiger partial charge >= 0.3 is 0 Å². The lowest BCUT2D eigenvalue weighted by atomic mass is 9.74. The van der Waals surface area contributed by atoms with Crippen LogP contribution < -0.4 is 10.1 Å². The molecule has 0 spiro atoms. The Hall–Kier alpha value is -2.13. The highest BCUT2D eigenvalue weighted by molar-refractivity contribution is 7.89. The summed E-state index contributed by atoms with van der Waals surface area (Å²) in [6, 6.07) is 12.3. The Balaban J connectivity index is 1.58. The van der Waals surface area contributed by atoms with Crippen LogP contribution in [0.4, 0.5) is 0 Å². The molecule has 2 aromatic carbocycles. The lowest BCUT2D eigenvalue weighted by molar-refractivity contribution is 0.0487. The van der Waals surface area contributed by atoms with Crippen LogP contribution in [0.5, 0.6) is 5.75 Å². The highest BCUT2D eigenvalue weighted by Crippen LogP contribution is 2.36. The molecule has 0 atom stereocenters. The molecule has 1 N–H and O–H groups in total. The quantitative estimate of drug-likeness (QED) is 0.638. The van der Waals surface area contributed by atoms with Crippen LogP contribution in [-0.2, 0) is 20.2 Å². The molecule has 0 saturated carbocycles.